The molecule has 0 heterocycles. The summed E-state index contributed by atoms with van der Waals surface area (Å²) in [6, 6.07) is 0. The molecule has 5 aliphatic rings. The first kappa shape index (κ1) is 19.4. The molecule has 1 nitrogen and oxygen atoms in total. The summed E-state index contributed by atoms with van der Waals surface area (Å²) < 4.78 is 0. The highest BCUT2D eigenvalue weighted by molar-refractivity contribution is 5.34. The predicted octanol–water partition coefficient (Wildman–Crippen LogP) is 7.21. The van der Waals surface area contributed by atoms with Gasteiger partial charge in [-0.25, -0.2) is 0 Å². The summed E-state index contributed by atoms with van der Waals surface area (Å²) in [5, 5.41) is 10.2. The standard InChI is InChI=1S/C27H42O/c1-18(5-4-6-19-7-8-19)23-11-12-24-22-10-9-20-17-21(28)13-15-26(20,2)25(22)14-16-27(23,24)3/h6,18,20-21,23-24,28H,4-5,7-17H2,1-3H3/t18-,20?,21+,23-,24+,26+,27-/m1/s1. The van der Waals surface area contributed by atoms with Crippen LogP contribution < -0.4 is 0 Å². The molecule has 5 aliphatic carbocycles. The number of aliphatic hydroxyl groups excluding tert-OH is 1. The van der Waals surface area contributed by atoms with Crippen molar-refractivity contribution in [2.75, 3.05) is 0 Å². The largest absolute Gasteiger partial charge is 0.393 e. The number of rotatable bonds is 4. The normalized spacial score (nSPS) is 45.9. The van der Waals surface area contributed by atoms with E-state index in [1.807, 2.05) is 11.1 Å². The van der Waals surface area contributed by atoms with E-state index >= 15 is 0 Å². The van der Waals surface area contributed by atoms with Gasteiger partial charge in [0.25, 0.3) is 0 Å². The molecular weight excluding hydrogens is 340 g/mol. The number of hydrogen-bond acceptors (Lipinski definition) is 1. The van der Waals surface area contributed by atoms with Gasteiger partial charge < -0.3 is 5.11 Å². The van der Waals surface area contributed by atoms with Crippen LogP contribution in [0.4, 0.5) is 0 Å². The maximum absolute atomic E-state index is 10.2. The van der Waals surface area contributed by atoms with Crippen molar-refractivity contribution in [3.8, 4) is 0 Å². The van der Waals surface area contributed by atoms with Crippen LogP contribution in [0.25, 0.3) is 0 Å². The number of allylic oxidation sites excluding steroid dienone is 4. The maximum Gasteiger partial charge on any atom is 0.0543 e. The fourth-order valence-electron chi connectivity index (χ4n) is 8.44. The van der Waals surface area contributed by atoms with Gasteiger partial charge in [-0.2, -0.15) is 0 Å². The molecule has 5 rings (SSSR count). The number of fused-ring (bicyclic) bond motifs is 4. The van der Waals surface area contributed by atoms with Gasteiger partial charge in [-0.3, -0.25) is 0 Å². The first-order valence-electron chi connectivity index (χ1n) is 12.5. The summed E-state index contributed by atoms with van der Waals surface area (Å²) in [6.07, 6.45) is 19.7. The van der Waals surface area contributed by atoms with Gasteiger partial charge in [-0.05, 0) is 118 Å². The molecule has 0 aromatic carbocycles. The van der Waals surface area contributed by atoms with Gasteiger partial charge in [0.15, 0.2) is 0 Å². The molecule has 0 saturated heterocycles. The molecule has 0 spiro atoms. The second kappa shape index (κ2) is 7.00. The summed E-state index contributed by atoms with van der Waals surface area (Å²) >= 11 is 0. The first-order chi connectivity index (χ1) is 13.4. The van der Waals surface area contributed by atoms with Crippen molar-refractivity contribution < 1.29 is 5.11 Å². The Morgan fingerprint density at radius 2 is 1.86 bits per heavy atom. The molecule has 156 valence electrons. The van der Waals surface area contributed by atoms with E-state index in [4.69, 9.17) is 0 Å². The summed E-state index contributed by atoms with van der Waals surface area (Å²) in [6.45, 7) is 7.81. The first-order valence-corrected chi connectivity index (χ1v) is 12.5. The van der Waals surface area contributed by atoms with E-state index in [2.05, 4.69) is 26.8 Å². The summed E-state index contributed by atoms with van der Waals surface area (Å²) in [5.41, 5.74) is 6.48. The van der Waals surface area contributed by atoms with Crippen LogP contribution in [0.3, 0.4) is 0 Å². The van der Waals surface area contributed by atoms with E-state index in [9.17, 15) is 5.11 Å². The van der Waals surface area contributed by atoms with Crippen LogP contribution in [-0.4, -0.2) is 11.2 Å². The molecule has 1 N–H and O–H groups in total. The minimum Gasteiger partial charge on any atom is -0.393 e. The van der Waals surface area contributed by atoms with Crippen molar-refractivity contribution in [3.63, 3.8) is 0 Å². The highest BCUT2D eigenvalue weighted by Gasteiger charge is 2.55. The fraction of sp³-hybridized carbons (Fsp3) is 0.852. The van der Waals surface area contributed by atoms with E-state index in [0.717, 1.165) is 36.5 Å². The Balaban J connectivity index is 1.36. The lowest BCUT2D eigenvalue weighted by Gasteiger charge is -2.55. The number of hydrogen-bond donors (Lipinski definition) is 1. The van der Waals surface area contributed by atoms with E-state index in [0.29, 0.717) is 10.8 Å². The van der Waals surface area contributed by atoms with Gasteiger partial charge in [0, 0.05) is 0 Å². The third kappa shape index (κ3) is 3.06. The van der Waals surface area contributed by atoms with Crippen LogP contribution in [0.1, 0.15) is 104 Å². The summed E-state index contributed by atoms with van der Waals surface area (Å²) in [4.78, 5) is 0. The molecule has 3 fully saturated rings. The zero-order valence-electron chi connectivity index (χ0n) is 18.6. The van der Waals surface area contributed by atoms with Gasteiger partial charge >= 0.3 is 0 Å². The monoisotopic (exact) mass is 382 g/mol. The van der Waals surface area contributed by atoms with E-state index in [1.54, 1.807) is 5.57 Å². The average molecular weight is 383 g/mol. The van der Waals surface area contributed by atoms with Crippen molar-refractivity contribution in [3.05, 3.63) is 22.8 Å². The number of aliphatic hydroxyl groups is 1. The molecule has 28 heavy (non-hydrogen) atoms. The zero-order chi connectivity index (χ0) is 19.5. The molecule has 0 amide bonds. The Bertz CT molecular complexity index is 680. The average Bonchev–Trinajstić information content (AvgIpc) is 3.41. The molecule has 7 atom stereocenters. The molecule has 0 radical (unpaired) electrons. The molecule has 3 saturated carbocycles. The van der Waals surface area contributed by atoms with Crippen LogP contribution in [0.2, 0.25) is 0 Å². The smallest absolute Gasteiger partial charge is 0.0543 e. The Kier molecular flexibility index (Phi) is 4.85. The minimum absolute atomic E-state index is 0.0311. The molecule has 0 aliphatic heterocycles. The highest BCUT2D eigenvalue weighted by Crippen LogP contribution is 2.66. The SMILES string of the molecule is C[C@H](CCC=C1CC1)[C@H]1CC[C@H]2C3=C(CC[C@]12C)[C@@]1(C)CC[C@H](O)CC1CC3. The second-order valence-corrected chi connectivity index (χ2v) is 11.7. The van der Waals surface area contributed by atoms with Crippen LogP contribution in [0, 0.1) is 34.5 Å². The second-order valence-electron chi connectivity index (χ2n) is 11.7. The lowest BCUT2D eigenvalue weighted by molar-refractivity contribution is 0.0133. The van der Waals surface area contributed by atoms with Crippen LogP contribution in [0.5, 0.6) is 0 Å². The lowest BCUT2D eigenvalue weighted by Crippen LogP contribution is -2.45. The third-order valence-electron chi connectivity index (χ3n) is 10.3. The van der Waals surface area contributed by atoms with Gasteiger partial charge in [-0.1, -0.05) is 43.6 Å². The maximum atomic E-state index is 10.2. The van der Waals surface area contributed by atoms with Crippen LogP contribution in [0.15, 0.2) is 22.8 Å². The topological polar surface area (TPSA) is 20.2 Å². The molecule has 0 aromatic rings. The van der Waals surface area contributed by atoms with Crippen molar-refractivity contribution in [1.82, 2.24) is 0 Å². The predicted molar refractivity (Wildman–Crippen MR) is 117 cm³/mol. The highest BCUT2D eigenvalue weighted by atomic mass is 16.3. The summed E-state index contributed by atoms with van der Waals surface area (Å²) in [5.74, 6) is 3.42. The van der Waals surface area contributed by atoms with Gasteiger partial charge in [0.1, 0.15) is 0 Å². The molecule has 0 bridgehead atoms. The third-order valence-corrected chi connectivity index (χ3v) is 10.3. The zero-order valence-corrected chi connectivity index (χ0v) is 18.6. The van der Waals surface area contributed by atoms with Crippen molar-refractivity contribution in [2.45, 2.75) is 110 Å². The van der Waals surface area contributed by atoms with Gasteiger partial charge in [-0.15, -0.1) is 0 Å². The Morgan fingerprint density at radius 3 is 2.64 bits per heavy atom. The minimum atomic E-state index is -0.0311. The Hall–Kier alpha value is -0.560. The van der Waals surface area contributed by atoms with Crippen molar-refractivity contribution >= 4 is 0 Å². The van der Waals surface area contributed by atoms with E-state index in [1.165, 1.54) is 70.6 Å². The Morgan fingerprint density at radius 1 is 1.04 bits per heavy atom. The fourth-order valence-corrected chi connectivity index (χ4v) is 8.44. The quantitative estimate of drug-likeness (QED) is 0.509. The molecule has 1 heteroatoms. The van der Waals surface area contributed by atoms with Crippen LogP contribution >= 0.6 is 0 Å². The van der Waals surface area contributed by atoms with Crippen LogP contribution in [-0.2, 0) is 0 Å². The van der Waals surface area contributed by atoms with E-state index in [-0.39, 0.29) is 6.10 Å². The van der Waals surface area contributed by atoms with Gasteiger partial charge in [0.05, 0.1) is 6.10 Å². The van der Waals surface area contributed by atoms with E-state index < -0.39 is 0 Å². The molecule has 0 aromatic heterocycles. The summed E-state index contributed by atoms with van der Waals surface area (Å²) in [7, 11) is 0. The van der Waals surface area contributed by atoms with Gasteiger partial charge in [0.2, 0.25) is 0 Å². The van der Waals surface area contributed by atoms with Crippen molar-refractivity contribution in [1.29, 1.82) is 0 Å². The Labute approximate surface area is 173 Å². The van der Waals surface area contributed by atoms with Crippen molar-refractivity contribution in [2.24, 2.45) is 34.5 Å². The molecule has 1 unspecified atom stereocenters. The lowest BCUT2D eigenvalue weighted by atomic mass is 9.50. The molecular formula is C27H42O.